The number of sulfone groups is 2. The van der Waals surface area contributed by atoms with Gasteiger partial charge in [0.25, 0.3) is 10.1 Å². The van der Waals surface area contributed by atoms with Gasteiger partial charge in [-0.25, -0.2) is 25.3 Å². The number of ether oxygens (including phenoxy) is 3. The van der Waals surface area contributed by atoms with E-state index < -0.39 is 50.9 Å². The smallest absolute Gasteiger partial charge is 0.264 e. The average Bonchev–Trinajstić information content (AvgIpc) is 3.10. The maximum absolute atomic E-state index is 12.7. The first-order valence-corrected chi connectivity index (χ1v) is 22.5. The van der Waals surface area contributed by atoms with Crippen molar-refractivity contribution in [3.05, 3.63) is 103 Å². The Bertz CT molecular complexity index is 2330. The Morgan fingerprint density at radius 2 is 1.15 bits per heavy atom. The molecule has 1 N–H and O–H groups in total. The van der Waals surface area contributed by atoms with E-state index in [1.54, 1.807) is 36.4 Å². The summed E-state index contributed by atoms with van der Waals surface area (Å²) in [5.41, 5.74) is 0.197. The molecule has 52 heavy (non-hydrogen) atoms. The van der Waals surface area contributed by atoms with Crippen LogP contribution in [0.15, 0.2) is 117 Å². The highest BCUT2D eigenvalue weighted by molar-refractivity contribution is 8.13. The predicted octanol–water partition coefficient (Wildman–Crippen LogP) is 3.52. The molecule has 0 bridgehead atoms. The summed E-state index contributed by atoms with van der Waals surface area (Å²) in [5, 5.41) is 9.18. The van der Waals surface area contributed by atoms with Crippen LogP contribution in [0.5, 0.6) is 17.2 Å². The fraction of sp³-hybridized carbons (Fsp3) is 0.242. The third-order valence-corrected chi connectivity index (χ3v) is 11.2. The Labute approximate surface area is 306 Å². The predicted molar refractivity (Wildman–Crippen MR) is 188 cm³/mol. The molecular weight excluding hydrogens is 784 g/mol. The van der Waals surface area contributed by atoms with Crippen LogP contribution in [-0.2, 0) is 43.0 Å². The molecule has 2 aliphatic heterocycles. The standard InChI is InChI=1S/C16H16O7S2.C16H14O5S.CH3ClO2S/c1-24(17,18)22-11-12-10-21-15-8-7-14(9-16(15)23-12)25(19,20)13-5-3-2-4-6-13;17-9-11-10-21-15-7-6-13(8-14(15)16(11)18)22(19,20)12-4-2-1-3-5-12;1-5(2,3)4/h2-9,12H,10-11H2,1H3;1-8,11,17H,9-10H2;1H3/t12-;11-;/m01./s1. The molecule has 2 atom stereocenters. The van der Waals surface area contributed by atoms with Crippen LogP contribution in [0.3, 0.4) is 0 Å². The highest BCUT2D eigenvalue weighted by atomic mass is 35.7. The second kappa shape index (κ2) is 16.7. The molecule has 0 fully saturated rings. The lowest BCUT2D eigenvalue weighted by molar-refractivity contribution is 0.0555. The number of carbonyl (C=O) groups excluding carboxylic acids is 1. The Morgan fingerprint density at radius 1 is 0.673 bits per heavy atom. The van der Waals surface area contributed by atoms with Crippen LogP contribution in [-0.4, -0.2) is 89.6 Å². The molecule has 0 amide bonds. The quantitative estimate of drug-likeness (QED) is 0.199. The molecule has 19 heteroatoms. The maximum Gasteiger partial charge on any atom is 0.264 e. The number of rotatable bonds is 8. The molecule has 280 valence electrons. The van der Waals surface area contributed by atoms with E-state index in [0.717, 1.165) is 12.5 Å². The van der Waals surface area contributed by atoms with Crippen LogP contribution in [0, 0.1) is 5.92 Å². The van der Waals surface area contributed by atoms with Crippen molar-refractivity contribution in [3.63, 3.8) is 0 Å². The van der Waals surface area contributed by atoms with E-state index in [2.05, 4.69) is 10.7 Å². The summed E-state index contributed by atoms with van der Waals surface area (Å²) < 4.78 is 113. The van der Waals surface area contributed by atoms with Crippen molar-refractivity contribution in [1.29, 1.82) is 0 Å². The largest absolute Gasteiger partial charge is 0.492 e. The molecule has 0 aromatic heterocycles. The number of aliphatic hydroxyl groups excluding tert-OH is 1. The monoisotopic (exact) mass is 816 g/mol. The minimum Gasteiger partial charge on any atom is -0.492 e. The van der Waals surface area contributed by atoms with Gasteiger partial charge in [-0.05, 0) is 54.6 Å². The van der Waals surface area contributed by atoms with Crippen molar-refractivity contribution in [3.8, 4) is 17.2 Å². The zero-order chi connectivity index (χ0) is 38.3. The molecule has 6 rings (SSSR count). The second-order valence-electron chi connectivity index (χ2n) is 11.2. The fourth-order valence-corrected chi connectivity index (χ4v) is 7.64. The van der Waals surface area contributed by atoms with Crippen LogP contribution in [0.25, 0.3) is 0 Å². The lowest BCUT2D eigenvalue weighted by Crippen LogP contribution is -2.34. The Balaban J connectivity index is 0.000000207. The first kappa shape index (κ1) is 40.7. The van der Waals surface area contributed by atoms with Gasteiger partial charge in [0, 0.05) is 16.7 Å². The summed E-state index contributed by atoms with van der Waals surface area (Å²) in [6, 6.07) is 24.6. The van der Waals surface area contributed by atoms with Gasteiger partial charge in [-0.1, -0.05) is 36.4 Å². The summed E-state index contributed by atoms with van der Waals surface area (Å²) in [5.74, 6) is 0.0192. The van der Waals surface area contributed by atoms with E-state index in [-0.39, 0.29) is 63.1 Å². The van der Waals surface area contributed by atoms with Crippen LogP contribution < -0.4 is 14.2 Å². The number of aliphatic hydroxyl groups is 1. The van der Waals surface area contributed by atoms with Gasteiger partial charge in [-0.3, -0.25) is 8.98 Å². The molecule has 4 aromatic carbocycles. The number of hydrogen-bond donors (Lipinski definition) is 1. The SMILES string of the molecule is CS(=O)(=O)Cl.CS(=O)(=O)OC[C@@H]1COc2ccc(S(=O)(=O)c3ccccc3)cc2O1.O=C1c2cc(S(=O)(=O)c3ccccc3)ccc2OC[C@H]1CO. The summed E-state index contributed by atoms with van der Waals surface area (Å²) in [4.78, 5) is 12.7. The van der Waals surface area contributed by atoms with Crippen molar-refractivity contribution in [2.75, 3.05) is 38.9 Å². The third kappa shape index (κ3) is 11.0. The fourth-order valence-electron chi connectivity index (χ4n) is 4.63. The zero-order valence-corrected chi connectivity index (χ0v) is 31.5. The van der Waals surface area contributed by atoms with Crippen LogP contribution in [0.4, 0.5) is 0 Å². The van der Waals surface area contributed by atoms with Gasteiger partial charge in [0.1, 0.15) is 25.6 Å². The number of ketones is 1. The molecule has 0 aliphatic carbocycles. The van der Waals surface area contributed by atoms with E-state index in [4.69, 9.17) is 18.4 Å². The minimum atomic E-state index is -3.69. The average molecular weight is 817 g/mol. The van der Waals surface area contributed by atoms with E-state index in [9.17, 15) is 43.6 Å². The number of Topliss-reactive ketones (excluding diaryl/α,β-unsaturated/α-hetero) is 1. The number of benzene rings is 4. The first-order chi connectivity index (χ1) is 24.3. The molecule has 0 radical (unpaired) electrons. The molecule has 0 saturated carbocycles. The highest BCUT2D eigenvalue weighted by Crippen LogP contribution is 2.36. The summed E-state index contributed by atoms with van der Waals surface area (Å²) in [6.45, 7) is -0.331. The Morgan fingerprint density at radius 3 is 1.65 bits per heavy atom. The van der Waals surface area contributed by atoms with Gasteiger partial charge in [-0.2, -0.15) is 8.42 Å². The lowest BCUT2D eigenvalue weighted by Gasteiger charge is -2.26. The van der Waals surface area contributed by atoms with Gasteiger partial charge in [0.15, 0.2) is 23.4 Å². The summed E-state index contributed by atoms with van der Waals surface area (Å²) in [7, 11) is -9.67. The third-order valence-electron chi connectivity index (χ3n) is 7.08. The molecule has 14 nitrogen and oxygen atoms in total. The molecular formula is C33H33ClO14S4. The molecule has 4 aromatic rings. The lowest BCUT2D eigenvalue weighted by atomic mass is 9.96. The number of fused-ring (bicyclic) bond motifs is 2. The van der Waals surface area contributed by atoms with Gasteiger partial charge in [0.05, 0.1) is 50.2 Å². The molecule has 2 aliphatic rings. The van der Waals surface area contributed by atoms with E-state index in [1.807, 2.05) is 0 Å². The normalized spacial score (nSPS) is 16.9. The van der Waals surface area contributed by atoms with E-state index >= 15 is 0 Å². The van der Waals surface area contributed by atoms with Crippen molar-refractivity contribution in [1.82, 2.24) is 0 Å². The highest BCUT2D eigenvalue weighted by Gasteiger charge is 2.30. The van der Waals surface area contributed by atoms with Crippen molar-refractivity contribution < 1.29 is 62.0 Å². The van der Waals surface area contributed by atoms with Gasteiger partial charge in [-0.15, -0.1) is 0 Å². The Kier molecular flexibility index (Phi) is 13.1. The summed E-state index contributed by atoms with van der Waals surface area (Å²) in [6.07, 6.45) is 1.21. The number of carbonyl (C=O) groups is 1. The molecule has 0 saturated heterocycles. The van der Waals surface area contributed by atoms with Gasteiger partial charge < -0.3 is 19.3 Å². The number of hydrogen-bond acceptors (Lipinski definition) is 14. The van der Waals surface area contributed by atoms with Crippen LogP contribution in [0.1, 0.15) is 10.4 Å². The van der Waals surface area contributed by atoms with Crippen LogP contribution in [0.2, 0.25) is 0 Å². The minimum absolute atomic E-state index is 0.0352. The first-order valence-electron chi connectivity index (χ1n) is 15.0. The van der Waals surface area contributed by atoms with Crippen molar-refractivity contribution in [2.24, 2.45) is 5.92 Å². The molecule has 0 spiro atoms. The van der Waals surface area contributed by atoms with Crippen molar-refractivity contribution >= 4 is 55.3 Å². The summed E-state index contributed by atoms with van der Waals surface area (Å²) >= 11 is 0. The van der Waals surface area contributed by atoms with Crippen LogP contribution >= 0.6 is 10.7 Å². The number of halogens is 1. The van der Waals surface area contributed by atoms with Gasteiger partial charge >= 0.3 is 0 Å². The topological polar surface area (TPSA) is 211 Å². The zero-order valence-electron chi connectivity index (χ0n) is 27.5. The van der Waals surface area contributed by atoms with Crippen molar-refractivity contribution in [2.45, 2.75) is 25.7 Å². The second-order valence-corrected chi connectivity index (χ2v) is 19.8. The molecule has 0 unspecified atom stereocenters. The van der Waals surface area contributed by atoms with Gasteiger partial charge in [0.2, 0.25) is 28.7 Å². The van der Waals surface area contributed by atoms with E-state index in [1.165, 1.54) is 60.7 Å². The molecule has 2 heterocycles. The van der Waals surface area contributed by atoms with E-state index in [0.29, 0.717) is 11.5 Å². The maximum atomic E-state index is 12.7. The Hall–Kier alpha value is -4.04.